The normalized spacial score (nSPS) is 19.9. The molecule has 1 heterocycles. The van der Waals surface area contributed by atoms with E-state index in [0.717, 1.165) is 28.8 Å². The number of carbonyl (C=O) groups is 2. The molecule has 2 aromatic rings. The molecule has 1 amide bonds. The van der Waals surface area contributed by atoms with Gasteiger partial charge in [0.25, 0.3) is 0 Å². The van der Waals surface area contributed by atoms with Gasteiger partial charge in [-0.1, -0.05) is 43.6 Å². The number of nitrogens with one attached hydrogen (secondary N) is 2. The summed E-state index contributed by atoms with van der Waals surface area (Å²) in [6.07, 6.45) is 3.48. The number of amides is 1. The van der Waals surface area contributed by atoms with Crippen LogP contribution < -0.4 is 10.6 Å². The number of hydrogen-bond donors (Lipinski definition) is 2. The van der Waals surface area contributed by atoms with Gasteiger partial charge in [-0.05, 0) is 60.9 Å². The van der Waals surface area contributed by atoms with Crippen LogP contribution in [0.3, 0.4) is 0 Å². The Kier molecular flexibility index (Phi) is 10.3. The van der Waals surface area contributed by atoms with Gasteiger partial charge in [0, 0.05) is 35.0 Å². The summed E-state index contributed by atoms with van der Waals surface area (Å²) in [7, 11) is 0. The van der Waals surface area contributed by atoms with Crippen LogP contribution in [0.1, 0.15) is 52.5 Å². The Morgan fingerprint density at radius 2 is 1.97 bits per heavy atom. The van der Waals surface area contributed by atoms with Crippen molar-refractivity contribution in [1.82, 2.24) is 10.6 Å². The van der Waals surface area contributed by atoms with Gasteiger partial charge in [-0.25, -0.2) is 4.79 Å². The third-order valence-corrected chi connectivity index (χ3v) is 7.44. The van der Waals surface area contributed by atoms with E-state index in [1.165, 1.54) is 6.92 Å². The van der Waals surface area contributed by atoms with Crippen molar-refractivity contribution in [3.05, 3.63) is 57.9 Å². The quantitative estimate of drug-likeness (QED) is 0.384. The Morgan fingerprint density at radius 1 is 1.20 bits per heavy atom. The summed E-state index contributed by atoms with van der Waals surface area (Å²) in [6.45, 7) is 8.20. The highest BCUT2D eigenvalue weighted by atomic mass is 35.5. The number of thiophene rings is 1. The molecular formula is C27H35ClN2O4S. The average Bonchev–Trinajstić information content (AvgIpc) is 3.37. The van der Waals surface area contributed by atoms with Gasteiger partial charge >= 0.3 is 5.97 Å². The second-order valence-corrected chi connectivity index (χ2v) is 10.0. The molecule has 190 valence electrons. The lowest BCUT2D eigenvalue weighted by Gasteiger charge is -2.39. The molecule has 0 saturated carbocycles. The van der Waals surface area contributed by atoms with Crippen molar-refractivity contribution in [2.45, 2.75) is 77.8 Å². The molecule has 35 heavy (non-hydrogen) atoms. The summed E-state index contributed by atoms with van der Waals surface area (Å²) < 4.78 is 11.6. The van der Waals surface area contributed by atoms with Gasteiger partial charge in [0.1, 0.15) is 0 Å². The van der Waals surface area contributed by atoms with E-state index >= 15 is 0 Å². The summed E-state index contributed by atoms with van der Waals surface area (Å²) in [6, 6.07) is 9.55. The Hall–Kier alpha value is -2.19. The topological polar surface area (TPSA) is 76.7 Å². The number of halogens is 1. The highest BCUT2D eigenvalue weighted by molar-refractivity contribution is 7.13. The number of hydrogen-bond acceptors (Lipinski definition) is 6. The Labute approximate surface area is 217 Å². The second-order valence-electron chi connectivity index (χ2n) is 8.65. The van der Waals surface area contributed by atoms with Crippen LogP contribution in [0, 0.1) is 0 Å². The average molecular weight is 519 g/mol. The number of benzene rings is 1. The Morgan fingerprint density at radius 3 is 2.57 bits per heavy atom. The third-order valence-electron chi connectivity index (χ3n) is 6.17. The van der Waals surface area contributed by atoms with Crippen molar-refractivity contribution >= 4 is 34.8 Å². The fourth-order valence-corrected chi connectivity index (χ4v) is 5.28. The van der Waals surface area contributed by atoms with E-state index in [9.17, 15) is 9.59 Å². The third kappa shape index (κ3) is 7.40. The van der Waals surface area contributed by atoms with Gasteiger partial charge in [0.2, 0.25) is 5.91 Å². The molecule has 3 atom stereocenters. The summed E-state index contributed by atoms with van der Waals surface area (Å²) >= 11 is 8.29. The summed E-state index contributed by atoms with van der Waals surface area (Å²) in [5, 5.41) is 9.29. The van der Waals surface area contributed by atoms with Crippen LogP contribution in [0.5, 0.6) is 0 Å². The molecule has 1 aliphatic rings. The minimum absolute atomic E-state index is 0.0222. The number of ether oxygens (including phenoxy) is 2. The smallest absolute Gasteiger partial charge is 0.333 e. The van der Waals surface area contributed by atoms with Crippen molar-refractivity contribution in [2.75, 3.05) is 6.61 Å². The lowest BCUT2D eigenvalue weighted by Crippen LogP contribution is -2.58. The standard InChI is InChI=1S/C27H35ClN2O4S/c1-5-21(6-2)34-24-15-20(27(32)33-7-3)14-23(26(24)30-17(4)31)29-16-19-11-10-18(13-22(19)28)25-9-8-12-35-25/h8-13,15,21,23-24,26,29H,5-7,14,16H2,1-4H3,(H,30,31)/t23-,24+,26+/m0/s1. The molecule has 6 nitrogen and oxygen atoms in total. The zero-order valence-corrected chi connectivity index (χ0v) is 22.4. The minimum atomic E-state index is -0.453. The molecule has 2 N–H and O–H groups in total. The van der Waals surface area contributed by atoms with Crippen LogP contribution >= 0.6 is 22.9 Å². The first-order valence-corrected chi connectivity index (χ1v) is 13.5. The van der Waals surface area contributed by atoms with Crippen molar-refractivity contribution in [3.8, 4) is 10.4 Å². The Balaban J connectivity index is 1.83. The first-order valence-electron chi connectivity index (χ1n) is 12.2. The molecule has 8 heteroatoms. The van der Waals surface area contributed by atoms with Crippen molar-refractivity contribution < 1.29 is 19.1 Å². The van der Waals surface area contributed by atoms with Crippen molar-refractivity contribution in [1.29, 1.82) is 0 Å². The summed E-state index contributed by atoms with van der Waals surface area (Å²) in [4.78, 5) is 25.9. The molecule has 0 fully saturated rings. The van der Waals surface area contributed by atoms with E-state index in [2.05, 4.69) is 36.6 Å². The zero-order valence-electron chi connectivity index (χ0n) is 20.8. The zero-order chi connectivity index (χ0) is 25.4. The van der Waals surface area contributed by atoms with E-state index in [1.54, 1.807) is 18.3 Å². The van der Waals surface area contributed by atoms with Crippen LogP contribution in [0.15, 0.2) is 47.4 Å². The van der Waals surface area contributed by atoms with Crippen LogP contribution in [-0.4, -0.2) is 42.8 Å². The van der Waals surface area contributed by atoms with Crippen LogP contribution in [0.25, 0.3) is 10.4 Å². The van der Waals surface area contributed by atoms with E-state index in [4.69, 9.17) is 21.1 Å². The fourth-order valence-electron chi connectivity index (χ4n) is 4.31. The van der Waals surface area contributed by atoms with Gasteiger partial charge in [-0.15, -0.1) is 11.3 Å². The number of rotatable bonds is 11. The van der Waals surface area contributed by atoms with E-state index in [1.807, 2.05) is 29.7 Å². The predicted octanol–water partition coefficient (Wildman–Crippen LogP) is 5.50. The first kappa shape index (κ1) is 27.4. The van der Waals surface area contributed by atoms with Gasteiger partial charge in [-0.2, -0.15) is 0 Å². The molecule has 0 radical (unpaired) electrons. The van der Waals surface area contributed by atoms with Crippen molar-refractivity contribution in [3.63, 3.8) is 0 Å². The monoisotopic (exact) mass is 518 g/mol. The van der Waals surface area contributed by atoms with E-state index in [0.29, 0.717) is 30.2 Å². The molecule has 1 aromatic heterocycles. The fraction of sp³-hybridized carbons (Fsp3) is 0.481. The van der Waals surface area contributed by atoms with Crippen molar-refractivity contribution in [2.24, 2.45) is 0 Å². The van der Waals surface area contributed by atoms with Crippen LogP contribution in [-0.2, 0) is 25.6 Å². The maximum Gasteiger partial charge on any atom is 0.333 e. The van der Waals surface area contributed by atoms with E-state index < -0.39 is 6.10 Å². The maximum absolute atomic E-state index is 12.6. The molecule has 0 spiro atoms. The van der Waals surface area contributed by atoms with Gasteiger partial charge < -0.3 is 20.1 Å². The van der Waals surface area contributed by atoms with Crippen LogP contribution in [0.2, 0.25) is 5.02 Å². The molecule has 0 saturated heterocycles. The second kappa shape index (κ2) is 13.2. The highest BCUT2D eigenvalue weighted by Gasteiger charge is 2.37. The minimum Gasteiger partial charge on any atom is -0.463 e. The maximum atomic E-state index is 12.6. The molecule has 3 rings (SSSR count). The summed E-state index contributed by atoms with van der Waals surface area (Å²) in [5.41, 5.74) is 2.58. The largest absolute Gasteiger partial charge is 0.463 e. The first-order chi connectivity index (χ1) is 16.9. The molecule has 0 bridgehead atoms. The number of carbonyl (C=O) groups excluding carboxylic acids is 2. The lowest BCUT2D eigenvalue weighted by molar-refractivity contribution is -0.139. The Bertz CT molecular complexity index is 1020. The highest BCUT2D eigenvalue weighted by Crippen LogP contribution is 2.30. The summed E-state index contributed by atoms with van der Waals surface area (Å²) in [5.74, 6) is -0.497. The molecule has 0 unspecified atom stereocenters. The SMILES string of the molecule is CCOC(=O)C1=C[C@@H](OC(CC)CC)[C@H](NC(C)=O)[C@@H](NCc2ccc(-c3cccs3)cc2Cl)C1. The molecular weight excluding hydrogens is 484 g/mol. The van der Waals surface area contributed by atoms with Gasteiger partial charge in [0.15, 0.2) is 0 Å². The number of esters is 1. The van der Waals surface area contributed by atoms with Gasteiger partial charge in [0.05, 0.1) is 24.9 Å². The van der Waals surface area contributed by atoms with E-state index in [-0.39, 0.29) is 30.1 Å². The van der Waals surface area contributed by atoms with Crippen LogP contribution in [0.4, 0.5) is 0 Å². The lowest BCUT2D eigenvalue weighted by atomic mass is 9.87. The predicted molar refractivity (Wildman–Crippen MR) is 142 cm³/mol. The van der Waals surface area contributed by atoms with Gasteiger partial charge in [-0.3, -0.25) is 4.79 Å². The molecule has 1 aliphatic carbocycles. The molecule has 0 aliphatic heterocycles. The molecule has 1 aromatic carbocycles.